The summed E-state index contributed by atoms with van der Waals surface area (Å²) in [7, 11) is -0.943. The van der Waals surface area contributed by atoms with Crippen LogP contribution < -0.4 is 10.5 Å². The van der Waals surface area contributed by atoms with Crippen molar-refractivity contribution >= 4 is 36.7 Å². The van der Waals surface area contributed by atoms with Crippen LogP contribution in [0.2, 0.25) is 0 Å². The standard InChI is InChI=1S/C30H42BN3O8/c1-27(2,3)39-25(36)34(26(37)40-28(4,5)6)23-19-32-18-22(33-23)31-41-29(7,8)30(9,42-31)17-13-16-24(35)38-20-21-14-11-10-12-15-21/h10-12,14-15,18-19H,13,16-17,20H2,1-9H3. The predicted molar refractivity (Wildman–Crippen MR) is 157 cm³/mol. The van der Waals surface area contributed by atoms with Crippen LogP contribution in [0.3, 0.4) is 0 Å². The summed E-state index contributed by atoms with van der Waals surface area (Å²) >= 11 is 0. The van der Waals surface area contributed by atoms with Crippen LogP contribution in [-0.4, -0.2) is 57.6 Å². The molecule has 2 heterocycles. The van der Waals surface area contributed by atoms with E-state index in [-0.39, 0.29) is 30.4 Å². The van der Waals surface area contributed by atoms with Crippen molar-refractivity contribution < 1.29 is 37.9 Å². The van der Waals surface area contributed by atoms with Crippen LogP contribution in [0.5, 0.6) is 0 Å². The maximum Gasteiger partial charge on any atom is 0.516 e. The molecule has 3 rings (SSSR count). The molecular formula is C30H42BN3O8. The monoisotopic (exact) mass is 583 g/mol. The summed E-state index contributed by atoms with van der Waals surface area (Å²) in [6.07, 6.45) is 2.04. The molecule has 11 nitrogen and oxygen atoms in total. The molecule has 0 saturated carbocycles. The Labute approximate surface area is 248 Å². The van der Waals surface area contributed by atoms with Gasteiger partial charge in [0.2, 0.25) is 0 Å². The SMILES string of the molecule is CC(C)(C)OC(=O)N(C(=O)OC(C)(C)C)c1cncc(B2OC(C)(C)C(C)(CCCC(=O)OCc3ccccc3)O2)n1. The Kier molecular flexibility index (Phi) is 10.0. The fourth-order valence-electron chi connectivity index (χ4n) is 4.12. The first kappa shape index (κ1) is 33.0. The molecule has 42 heavy (non-hydrogen) atoms. The quantitative estimate of drug-likeness (QED) is 0.228. The third-order valence-electron chi connectivity index (χ3n) is 6.58. The van der Waals surface area contributed by atoms with Crippen molar-refractivity contribution in [1.82, 2.24) is 9.97 Å². The molecule has 0 aliphatic carbocycles. The summed E-state index contributed by atoms with van der Waals surface area (Å²) in [6.45, 7) is 16.0. The Bertz CT molecular complexity index is 1230. The molecule has 1 aliphatic heterocycles. The van der Waals surface area contributed by atoms with Crippen LogP contribution in [0.25, 0.3) is 0 Å². The summed E-state index contributed by atoms with van der Waals surface area (Å²) in [5.41, 5.74) is -2.12. The molecule has 1 aromatic carbocycles. The van der Waals surface area contributed by atoms with Gasteiger partial charge < -0.3 is 23.5 Å². The topological polar surface area (TPSA) is 126 Å². The van der Waals surface area contributed by atoms with Crippen molar-refractivity contribution in [3.8, 4) is 0 Å². The summed E-state index contributed by atoms with van der Waals surface area (Å²) in [4.78, 5) is 47.8. The summed E-state index contributed by atoms with van der Waals surface area (Å²) in [5.74, 6) is -0.394. The average molecular weight is 583 g/mol. The van der Waals surface area contributed by atoms with Gasteiger partial charge in [-0.3, -0.25) is 9.78 Å². The molecular weight excluding hydrogens is 541 g/mol. The van der Waals surface area contributed by atoms with Gasteiger partial charge in [-0.05, 0) is 80.7 Å². The van der Waals surface area contributed by atoms with E-state index in [0.29, 0.717) is 17.7 Å². The number of carbonyl (C=O) groups is 3. The zero-order chi connectivity index (χ0) is 31.3. The summed E-state index contributed by atoms with van der Waals surface area (Å²) in [5, 5.41) is 0. The van der Waals surface area contributed by atoms with Crippen LogP contribution in [-0.2, 0) is 34.9 Å². The van der Waals surface area contributed by atoms with Gasteiger partial charge in [0.15, 0.2) is 5.82 Å². The van der Waals surface area contributed by atoms with Crippen molar-refractivity contribution in [3.05, 3.63) is 48.3 Å². The van der Waals surface area contributed by atoms with E-state index >= 15 is 0 Å². The van der Waals surface area contributed by atoms with Gasteiger partial charge in [-0.1, -0.05) is 30.3 Å². The van der Waals surface area contributed by atoms with Gasteiger partial charge in [-0.2, -0.15) is 4.90 Å². The Morgan fingerprint density at radius 1 is 0.905 bits per heavy atom. The number of hydrogen-bond donors (Lipinski definition) is 0. The average Bonchev–Trinajstić information content (AvgIpc) is 3.10. The number of aromatic nitrogens is 2. The van der Waals surface area contributed by atoms with E-state index in [2.05, 4.69) is 9.97 Å². The molecule has 0 spiro atoms. The van der Waals surface area contributed by atoms with Crippen molar-refractivity contribution in [1.29, 1.82) is 0 Å². The molecule has 1 fully saturated rings. The minimum absolute atomic E-state index is 0.101. The smallest absolute Gasteiger partial charge is 0.461 e. The van der Waals surface area contributed by atoms with E-state index in [4.69, 9.17) is 23.5 Å². The fourth-order valence-corrected chi connectivity index (χ4v) is 4.12. The van der Waals surface area contributed by atoms with E-state index in [1.54, 1.807) is 41.5 Å². The lowest BCUT2D eigenvalue weighted by atomic mass is 9.83. The molecule has 1 unspecified atom stereocenters. The van der Waals surface area contributed by atoms with Crippen molar-refractivity contribution in [3.63, 3.8) is 0 Å². The Hall–Kier alpha value is -3.51. The third kappa shape index (κ3) is 9.00. The largest absolute Gasteiger partial charge is 0.516 e. The van der Waals surface area contributed by atoms with Crippen LogP contribution in [0.4, 0.5) is 15.4 Å². The molecule has 1 aliphatic rings. The summed E-state index contributed by atoms with van der Waals surface area (Å²) < 4.78 is 28.9. The zero-order valence-corrected chi connectivity index (χ0v) is 26.1. The number of esters is 1. The van der Waals surface area contributed by atoms with E-state index in [1.165, 1.54) is 12.4 Å². The Morgan fingerprint density at radius 2 is 1.50 bits per heavy atom. The number of benzene rings is 1. The predicted octanol–water partition coefficient (Wildman–Crippen LogP) is 5.35. The number of amides is 2. The lowest BCUT2D eigenvalue weighted by molar-refractivity contribution is -0.145. The lowest BCUT2D eigenvalue weighted by Crippen LogP contribution is -2.46. The maximum atomic E-state index is 13.1. The molecule has 1 aromatic heterocycles. The fraction of sp³-hybridized carbons (Fsp3) is 0.567. The number of rotatable bonds is 8. The second-order valence-electron chi connectivity index (χ2n) is 12.9. The van der Waals surface area contributed by atoms with Gasteiger partial charge in [-0.25, -0.2) is 14.6 Å². The normalized spacial score (nSPS) is 18.4. The highest BCUT2D eigenvalue weighted by Crippen LogP contribution is 2.40. The van der Waals surface area contributed by atoms with Crippen LogP contribution in [0.15, 0.2) is 42.7 Å². The Balaban J connectivity index is 1.72. The molecule has 0 N–H and O–H groups in total. The van der Waals surface area contributed by atoms with Crippen LogP contribution in [0, 0.1) is 0 Å². The molecule has 1 atom stereocenters. The second-order valence-corrected chi connectivity index (χ2v) is 12.9. The van der Waals surface area contributed by atoms with E-state index in [9.17, 15) is 14.4 Å². The number of nitrogens with zero attached hydrogens (tertiary/aromatic N) is 3. The maximum absolute atomic E-state index is 13.1. The number of imide groups is 1. The molecule has 2 amide bonds. The molecule has 1 saturated heterocycles. The first-order chi connectivity index (χ1) is 19.4. The van der Waals surface area contributed by atoms with Crippen LogP contribution >= 0.6 is 0 Å². The first-order valence-corrected chi connectivity index (χ1v) is 14.0. The van der Waals surface area contributed by atoms with Gasteiger partial charge in [-0.15, -0.1) is 0 Å². The highest BCUT2D eigenvalue weighted by Gasteiger charge is 2.55. The van der Waals surface area contributed by atoms with Gasteiger partial charge in [0.1, 0.15) is 17.8 Å². The number of hydrogen-bond acceptors (Lipinski definition) is 10. The molecule has 228 valence electrons. The second kappa shape index (κ2) is 12.8. The molecule has 0 bridgehead atoms. The van der Waals surface area contributed by atoms with Gasteiger partial charge in [0, 0.05) is 12.6 Å². The van der Waals surface area contributed by atoms with Gasteiger partial charge >= 0.3 is 25.3 Å². The highest BCUT2D eigenvalue weighted by atomic mass is 16.7. The molecule has 0 radical (unpaired) electrons. The zero-order valence-electron chi connectivity index (χ0n) is 26.1. The highest BCUT2D eigenvalue weighted by molar-refractivity contribution is 6.61. The van der Waals surface area contributed by atoms with E-state index < -0.39 is 41.7 Å². The van der Waals surface area contributed by atoms with Crippen molar-refractivity contribution in [2.45, 2.75) is 111 Å². The number of ether oxygens (including phenoxy) is 3. The van der Waals surface area contributed by atoms with Gasteiger partial charge in [0.25, 0.3) is 0 Å². The lowest BCUT2D eigenvalue weighted by Gasteiger charge is -2.36. The van der Waals surface area contributed by atoms with E-state index in [1.807, 2.05) is 51.1 Å². The summed E-state index contributed by atoms with van der Waals surface area (Å²) in [6, 6.07) is 9.50. The van der Waals surface area contributed by atoms with Gasteiger partial charge in [0.05, 0.1) is 23.0 Å². The van der Waals surface area contributed by atoms with E-state index in [0.717, 1.165) is 5.56 Å². The Morgan fingerprint density at radius 3 is 2.07 bits per heavy atom. The van der Waals surface area contributed by atoms with Crippen molar-refractivity contribution in [2.75, 3.05) is 4.90 Å². The molecule has 2 aromatic rings. The minimum atomic E-state index is -0.958. The minimum Gasteiger partial charge on any atom is -0.461 e. The number of anilines is 1. The first-order valence-electron chi connectivity index (χ1n) is 14.0. The van der Waals surface area contributed by atoms with Crippen LogP contribution in [0.1, 0.15) is 87.1 Å². The number of carbonyl (C=O) groups excluding carboxylic acids is 3. The van der Waals surface area contributed by atoms with Crippen molar-refractivity contribution in [2.24, 2.45) is 0 Å². The molecule has 12 heteroatoms. The third-order valence-corrected chi connectivity index (χ3v) is 6.58.